The molecule has 3 aromatic heterocycles. The molecular formula is C54H34N4. The van der Waals surface area contributed by atoms with Gasteiger partial charge < -0.3 is 0 Å². The van der Waals surface area contributed by atoms with Gasteiger partial charge in [-0.05, 0) is 113 Å². The molecule has 0 saturated carbocycles. The van der Waals surface area contributed by atoms with Gasteiger partial charge in [-0.15, -0.1) is 0 Å². The molecule has 270 valence electrons. The van der Waals surface area contributed by atoms with Crippen molar-refractivity contribution in [2.45, 2.75) is 0 Å². The number of hydrogen-bond acceptors (Lipinski definition) is 4. The summed E-state index contributed by atoms with van der Waals surface area (Å²) in [7, 11) is 0. The molecule has 0 N–H and O–H groups in total. The van der Waals surface area contributed by atoms with E-state index in [0.29, 0.717) is 5.82 Å². The molecule has 0 unspecified atom stereocenters. The maximum absolute atomic E-state index is 5.28. The third kappa shape index (κ3) is 5.87. The number of rotatable bonds is 4. The average molecular weight is 739 g/mol. The average Bonchev–Trinajstić information content (AvgIpc) is 3.31. The van der Waals surface area contributed by atoms with E-state index in [1.54, 1.807) is 6.20 Å². The van der Waals surface area contributed by atoms with Crippen molar-refractivity contribution in [2.75, 3.05) is 0 Å². The van der Waals surface area contributed by atoms with Crippen LogP contribution in [0.5, 0.6) is 0 Å². The Morgan fingerprint density at radius 3 is 1.31 bits per heavy atom. The number of pyridine rings is 2. The van der Waals surface area contributed by atoms with Crippen LogP contribution in [-0.2, 0) is 0 Å². The molecule has 0 atom stereocenters. The van der Waals surface area contributed by atoms with Crippen molar-refractivity contribution < 1.29 is 0 Å². The molecule has 3 heterocycles. The lowest BCUT2D eigenvalue weighted by atomic mass is 9.92. The smallest absolute Gasteiger partial charge is 0.160 e. The topological polar surface area (TPSA) is 51.6 Å². The van der Waals surface area contributed by atoms with Crippen LogP contribution in [0.4, 0.5) is 0 Å². The SMILES string of the molecule is c1ccc(-c2cc(-c3ccc(-c4cccnc4)nc3)nc(-c3ccc4c5ccccc5c5ccccc5c5ccccc5c5cc6ccccc6cc5c4c3)n2)cc1. The highest BCUT2D eigenvalue weighted by atomic mass is 14.9. The lowest BCUT2D eigenvalue weighted by molar-refractivity contribution is 1.18. The van der Waals surface area contributed by atoms with Crippen molar-refractivity contribution in [3.8, 4) is 45.2 Å². The molecule has 11 aromatic rings. The molecule has 0 aliphatic carbocycles. The third-order valence-electron chi connectivity index (χ3n) is 11.2. The van der Waals surface area contributed by atoms with Crippen LogP contribution in [0.15, 0.2) is 207 Å². The fourth-order valence-electron chi connectivity index (χ4n) is 8.40. The highest BCUT2D eigenvalue weighted by Crippen LogP contribution is 2.39. The second-order valence-corrected chi connectivity index (χ2v) is 14.6. The minimum atomic E-state index is 0.647. The summed E-state index contributed by atoms with van der Waals surface area (Å²) in [5, 5.41) is 14.2. The van der Waals surface area contributed by atoms with E-state index in [9.17, 15) is 0 Å². The van der Waals surface area contributed by atoms with E-state index in [-0.39, 0.29) is 0 Å². The van der Waals surface area contributed by atoms with E-state index in [0.717, 1.165) is 55.5 Å². The molecule has 58 heavy (non-hydrogen) atoms. The van der Waals surface area contributed by atoms with Crippen LogP contribution in [0.1, 0.15) is 0 Å². The molecule has 11 rings (SSSR count). The number of nitrogens with zero attached hydrogens (tertiary/aromatic N) is 4. The summed E-state index contributed by atoms with van der Waals surface area (Å²) < 4.78 is 0. The molecule has 0 bridgehead atoms. The summed E-state index contributed by atoms with van der Waals surface area (Å²) >= 11 is 0. The molecule has 0 aliphatic heterocycles. The molecule has 4 heteroatoms. The van der Waals surface area contributed by atoms with Crippen molar-refractivity contribution in [3.05, 3.63) is 207 Å². The highest BCUT2D eigenvalue weighted by Gasteiger charge is 2.15. The summed E-state index contributed by atoms with van der Waals surface area (Å²) in [5.74, 6) is 0.647. The van der Waals surface area contributed by atoms with Crippen molar-refractivity contribution in [3.63, 3.8) is 0 Å². The molecule has 0 aliphatic rings. The minimum Gasteiger partial charge on any atom is -0.264 e. The van der Waals surface area contributed by atoms with E-state index in [2.05, 4.69) is 157 Å². The lowest BCUT2D eigenvalue weighted by Crippen LogP contribution is -1.96. The molecule has 0 amide bonds. The summed E-state index contributed by atoms with van der Waals surface area (Å²) in [4.78, 5) is 19.7. The Balaban J connectivity index is 1.25. The minimum absolute atomic E-state index is 0.647. The first kappa shape index (κ1) is 33.5. The summed E-state index contributed by atoms with van der Waals surface area (Å²) in [6, 6.07) is 67.0. The van der Waals surface area contributed by atoms with Crippen molar-refractivity contribution in [1.29, 1.82) is 0 Å². The normalized spacial score (nSPS) is 11.4. The fraction of sp³-hybridized carbons (Fsp3) is 0. The van der Waals surface area contributed by atoms with Gasteiger partial charge in [0.2, 0.25) is 0 Å². The standard InChI is InChI=1S/C54H34N4/c1-2-13-35(14-3-1)52-32-53(40-25-27-51(56-34-40)39-17-12-28-55-33-39)58-54(57-52)38-24-26-47-45-22-9-8-20-43(45)41-18-6-7-19-42(41)44-21-10-11-23-46(44)48-29-36-15-4-5-16-37(36)30-50(48)49(47)31-38/h1-34H. The quantitative estimate of drug-likeness (QED) is 0.180. The van der Waals surface area contributed by atoms with Gasteiger partial charge in [0.25, 0.3) is 0 Å². The van der Waals surface area contributed by atoms with Gasteiger partial charge in [-0.2, -0.15) is 0 Å². The summed E-state index contributed by atoms with van der Waals surface area (Å²) in [5.41, 5.74) is 6.34. The van der Waals surface area contributed by atoms with Crippen LogP contribution in [0.25, 0.3) is 110 Å². The Morgan fingerprint density at radius 2 is 0.741 bits per heavy atom. The first-order valence-electron chi connectivity index (χ1n) is 19.5. The van der Waals surface area contributed by atoms with Gasteiger partial charge in [0, 0.05) is 40.8 Å². The second kappa shape index (κ2) is 14.0. The van der Waals surface area contributed by atoms with Crippen LogP contribution in [0.2, 0.25) is 0 Å². The molecule has 4 nitrogen and oxygen atoms in total. The highest BCUT2D eigenvalue weighted by molar-refractivity contribution is 6.27. The maximum atomic E-state index is 5.28. The van der Waals surface area contributed by atoms with E-state index < -0.39 is 0 Å². The predicted octanol–water partition coefficient (Wildman–Crippen LogP) is 14.0. The van der Waals surface area contributed by atoms with Crippen molar-refractivity contribution >= 4 is 64.6 Å². The van der Waals surface area contributed by atoms with Gasteiger partial charge in [-0.1, -0.05) is 140 Å². The number of benzene rings is 7. The van der Waals surface area contributed by atoms with Gasteiger partial charge in [-0.25, -0.2) is 9.97 Å². The van der Waals surface area contributed by atoms with Crippen molar-refractivity contribution in [2.24, 2.45) is 0 Å². The van der Waals surface area contributed by atoms with Crippen LogP contribution in [0.3, 0.4) is 0 Å². The zero-order valence-corrected chi connectivity index (χ0v) is 31.4. The number of hydrogen-bond donors (Lipinski definition) is 0. The van der Waals surface area contributed by atoms with E-state index in [1.165, 1.54) is 48.5 Å². The maximum Gasteiger partial charge on any atom is 0.160 e. The first-order valence-corrected chi connectivity index (χ1v) is 19.5. The Labute approximate surface area is 335 Å². The Bertz CT molecular complexity index is 3430. The zero-order valence-electron chi connectivity index (χ0n) is 31.4. The fourth-order valence-corrected chi connectivity index (χ4v) is 8.40. The number of aromatic nitrogens is 4. The van der Waals surface area contributed by atoms with E-state index in [1.807, 2.05) is 48.8 Å². The zero-order chi connectivity index (χ0) is 38.4. The van der Waals surface area contributed by atoms with Gasteiger partial charge in [0.1, 0.15) is 0 Å². The molecule has 0 spiro atoms. The van der Waals surface area contributed by atoms with E-state index >= 15 is 0 Å². The predicted molar refractivity (Wildman–Crippen MR) is 242 cm³/mol. The van der Waals surface area contributed by atoms with Crippen LogP contribution in [0, 0.1) is 0 Å². The second-order valence-electron chi connectivity index (χ2n) is 14.6. The molecular weight excluding hydrogens is 705 g/mol. The largest absolute Gasteiger partial charge is 0.264 e. The van der Waals surface area contributed by atoms with Gasteiger partial charge in [0.05, 0.1) is 17.1 Å². The van der Waals surface area contributed by atoms with Crippen molar-refractivity contribution in [1.82, 2.24) is 19.9 Å². The van der Waals surface area contributed by atoms with Crippen LogP contribution < -0.4 is 0 Å². The van der Waals surface area contributed by atoms with Gasteiger partial charge in [0.15, 0.2) is 5.82 Å². The van der Waals surface area contributed by atoms with E-state index in [4.69, 9.17) is 15.0 Å². The Morgan fingerprint density at radius 1 is 0.276 bits per heavy atom. The molecule has 0 saturated heterocycles. The van der Waals surface area contributed by atoms with Crippen LogP contribution >= 0.6 is 0 Å². The van der Waals surface area contributed by atoms with Gasteiger partial charge in [-0.3, -0.25) is 9.97 Å². The molecule has 8 aromatic carbocycles. The monoisotopic (exact) mass is 738 g/mol. The van der Waals surface area contributed by atoms with Crippen LogP contribution in [-0.4, -0.2) is 19.9 Å². The first-order chi connectivity index (χ1) is 28.7. The molecule has 0 fully saturated rings. The third-order valence-corrected chi connectivity index (χ3v) is 11.2. The lowest BCUT2D eigenvalue weighted by Gasteiger charge is -2.13. The molecule has 0 radical (unpaired) electrons. The Kier molecular flexibility index (Phi) is 8.11. The summed E-state index contributed by atoms with van der Waals surface area (Å²) in [6.45, 7) is 0. The number of fused-ring (bicyclic) bond motifs is 11. The summed E-state index contributed by atoms with van der Waals surface area (Å²) in [6.07, 6.45) is 5.50. The van der Waals surface area contributed by atoms with Gasteiger partial charge >= 0.3 is 0 Å². The Hall–Kier alpha value is -7.82.